The fourth-order valence-electron chi connectivity index (χ4n) is 2.94. The Labute approximate surface area is 123 Å². The topological polar surface area (TPSA) is 38.8 Å². The summed E-state index contributed by atoms with van der Waals surface area (Å²) in [5.74, 6) is 0.840. The number of alkyl halides is 1. The minimum atomic E-state index is 0.161. The van der Waals surface area contributed by atoms with Gasteiger partial charge in [0.15, 0.2) is 0 Å². The van der Waals surface area contributed by atoms with E-state index in [1.165, 1.54) is 0 Å². The summed E-state index contributed by atoms with van der Waals surface area (Å²) >= 11 is 3.37. The Hall–Kier alpha value is -0.130. The number of piperidine rings is 1. The van der Waals surface area contributed by atoms with Gasteiger partial charge in [0.1, 0.15) is 0 Å². The molecule has 5 heteroatoms. The smallest absolute Gasteiger partial charge is 0.226 e. The molecule has 0 N–H and O–H groups in total. The fourth-order valence-corrected chi connectivity index (χ4v) is 3.12. The van der Waals surface area contributed by atoms with Crippen molar-refractivity contribution in [3.05, 3.63) is 0 Å². The lowest BCUT2D eigenvalue weighted by atomic mass is 9.88. The maximum atomic E-state index is 12.5. The van der Waals surface area contributed by atoms with Gasteiger partial charge in [0.2, 0.25) is 5.91 Å². The van der Waals surface area contributed by atoms with Crippen LogP contribution in [0.15, 0.2) is 0 Å². The van der Waals surface area contributed by atoms with Crippen LogP contribution in [0, 0.1) is 11.8 Å². The Morgan fingerprint density at radius 1 is 1.37 bits per heavy atom. The highest BCUT2D eigenvalue weighted by atomic mass is 79.9. The van der Waals surface area contributed by atoms with Gasteiger partial charge in [-0.15, -0.1) is 0 Å². The first-order valence-electron chi connectivity index (χ1n) is 7.26. The summed E-state index contributed by atoms with van der Waals surface area (Å²) in [6.07, 6.45) is 3.14. The van der Waals surface area contributed by atoms with Gasteiger partial charge in [-0.1, -0.05) is 22.9 Å². The molecule has 110 valence electrons. The summed E-state index contributed by atoms with van der Waals surface area (Å²) in [6, 6.07) is 0. The number of likely N-dealkylation sites (tertiary alicyclic amines) is 1. The molecular formula is C14H24BrNO3. The Kier molecular flexibility index (Phi) is 6.10. The highest BCUT2D eigenvalue weighted by molar-refractivity contribution is 9.09. The number of halogens is 1. The number of carbonyl (C=O) groups is 1. The van der Waals surface area contributed by atoms with E-state index in [4.69, 9.17) is 9.47 Å². The molecule has 0 aliphatic carbocycles. The van der Waals surface area contributed by atoms with Crippen molar-refractivity contribution in [2.45, 2.75) is 32.3 Å². The van der Waals surface area contributed by atoms with E-state index in [9.17, 15) is 4.79 Å². The summed E-state index contributed by atoms with van der Waals surface area (Å²) in [5.41, 5.74) is 0. The zero-order chi connectivity index (χ0) is 13.7. The fraction of sp³-hybridized carbons (Fsp3) is 0.929. The number of ether oxygens (including phenoxy) is 2. The molecule has 0 saturated carbocycles. The van der Waals surface area contributed by atoms with E-state index in [1.54, 1.807) is 0 Å². The van der Waals surface area contributed by atoms with Crippen LogP contribution in [-0.2, 0) is 14.3 Å². The summed E-state index contributed by atoms with van der Waals surface area (Å²) in [4.78, 5) is 14.5. The van der Waals surface area contributed by atoms with Gasteiger partial charge in [-0.05, 0) is 25.2 Å². The van der Waals surface area contributed by atoms with E-state index in [-0.39, 0.29) is 5.92 Å². The molecule has 2 saturated heterocycles. The van der Waals surface area contributed by atoms with Crippen LogP contribution in [0.25, 0.3) is 0 Å². The molecule has 1 amide bonds. The van der Waals surface area contributed by atoms with Crippen molar-refractivity contribution < 1.29 is 14.3 Å². The summed E-state index contributed by atoms with van der Waals surface area (Å²) in [6.45, 7) is 6.02. The molecule has 0 aromatic carbocycles. The minimum absolute atomic E-state index is 0.161. The van der Waals surface area contributed by atoms with Crippen molar-refractivity contribution in [3.8, 4) is 0 Å². The largest absolute Gasteiger partial charge is 0.381 e. The van der Waals surface area contributed by atoms with Crippen LogP contribution >= 0.6 is 15.9 Å². The summed E-state index contributed by atoms with van der Waals surface area (Å²) < 4.78 is 11.1. The molecule has 19 heavy (non-hydrogen) atoms. The highest BCUT2D eigenvalue weighted by Crippen LogP contribution is 2.25. The van der Waals surface area contributed by atoms with E-state index < -0.39 is 0 Å². The van der Waals surface area contributed by atoms with Gasteiger partial charge in [-0.25, -0.2) is 0 Å². The van der Waals surface area contributed by atoms with Crippen LogP contribution in [0.5, 0.6) is 0 Å². The quantitative estimate of drug-likeness (QED) is 0.739. The molecule has 0 aromatic rings. The van der Waals surface area contributed by atoms with Crippen molar-refractivity contribution in [3.63, 3.8) is 0 Å². The molecule has 2 aliphatic heterocycles. The molecular weight excluding hydrogens is 310 g/mol. The minimum Gasteiger partial charge on any atom is -0.381 e. The molecule has 0 aromatic heterocycles. The van der Waals surface area contributed by atoms with Crippen LogP contribution < -0.4 is 0 Å². The average molecular weight is 334 g/mol. The van der Waals surface area contributed by atoms with Crippen LogP contribution in [0.4, 0.5) is 0 Å². The van der Waals surface area contributed by atoms with E-state index in [1.807, 2.05) is 4.90 Å². The number of hydrogen-bond donors (Lipinski definition) is 0. The number of nitrogens with zero attached hydrogens (tertiary/aromatic N) is 1. The third-order valence-corrected chi connectivity index (χ3v) is 4.47. The van der Waals surface area contributed by atoms with E-state index in [0.29, 0.717) is 17.9 Å². The Morgan fingerprint density at radius 3 is 2.74 bits per heavy atom. The first-order chi connectivity index (χ1) is 9.22. The maximum absolute atomic E-state index is 12.5. The van der Waals surface area contributed by atoms with Gasteiger partial charge in [-0.3, -0.25) is 4.79 Å². The molecule has 0 spiro atoms. The Balaban J connectivity index is 1.78. The molecule has 2 rings (SSSR count). The van der Waals surface area contributed by atoms with Gasteiger partial charge in [0.05, 0.1) is 12.7 Å². The SMILES string of the molecule is CC1COCCC1C(=O)N1CCC(OCCBr)CC1. The lowest BCUT2D eigenvalue weighted by Crippen LogP contribution is -2.46. The van der Waals surface area contributed by atoms with Gasteiger partial charge >= 0.3 is 0 Å². The average Bonchev–Trinajstić information content (AvgIpc) is 2.45. The first kappa shape index (κ1) is 15.3. The lowest BCUT2D eigenvalue weighted by molar-refractivity contribution is -0.143. The summed E-state index contributed by atoms with van der Waals surface area (Å²) in [7, 11) is 0. The highest BCUT2D eigenvalue weighted by Gasteiger charge is 2.33. The van der Waals surface area contributed by atoms with Gasteiger partial charge in [0.25, 0.3) is 0 Å². The molecule has 2 fully saturated rings. The molecule has 2 atom stereocenters. The molecule has 0 radical (unpaired) electrons. The van der Waals surface area contributed by atoms with Crippen molar-refractivity contribution in [2.24, 2.45) is 11.8 Å². The van der Waals surface area contributed by atoms with E-state index in [0.717, 1.165) is 57.5 Å². The first-order valence-corrected chi connectivity index (χ1v) is 8.38. The normalized spacial score (nSPS) is 29.5. The van der Waals surface area contributed by atoms with Crippen LogP contribution in [0.2, 0.25) is 0 Å². The van der Waals surface area contributed by atoms with Gasteiger partial charge < -0.3 is 14.4 Å². The van der Waals surface area contributed by atoms with Crippen LogP contribution in [0.3, 0.4) is 0 Å². The maximum Gasteiger partial charge on any atom is 0.226 e. The third kappa shape index (κ3) is 4.17. The molecule has 0 bridgehead atoms. The number of amides is 1. The van der Waals surface area contributed by atoms with Gasteiger partial charge in [0, 0.05) is 37.6 Å². The second kappa shape index (κ2) is 7.60. The van der Waals surface area contributed by atoms with Crippen LogP contribution in [-0.4, -0.2) is 55.2 Å². The standard InChI is InChI=1S/C14H24BrNO3/c1-11-10-18-8-4-13(11)14(17)16-6-2-12(3-7-16)19-9-5-15/h11-13H,2-10H2,1H3. The van der Waals surface area contributed by atoms with E-state index in [2.05, 4.69) is 22.9 Å². The number of rotatable bonds is 4. The second-order valence-electron chi connectivity index (χ2n) is 5.53. The zero-order valence-corrected chi connectivity index (χ0v) is 13.2. The predicted molar refractivity (Wildman–Crippen MR) is 77.4 cm³/mol. The van der Waals surface area contributed by atoms with Crippen molar-refractivity contribution >= 4 is 21.8 Å². The zero-order valence-electron chi connectivity index (χ0n) is 11.6. The van der Waals surface area contributed by atoms with Crippen LogP contribution in [0.1, 0.15) is 26.2 Å². The molecule has 2 aliphatic rings. The molecule has 2 unspecified atom stereocenters. The predicted octanol–water partition coefficient (Wildman–Crippen LogP) is 2.06. The lowest BCUT2D eigenvalue weighted by Gasteiger charge is -2.37. The summed E-state index contributed by atoms with van der Waals surface area (Å²) in [5, 5.41) is 0.881. The van der Waals surface area contributed by atoms with Crippen molar-refractivity contribution in [1.82, 2.24) is 4.90 Å². The van der Waals surface area contributed by atoms with E-state index >= 15 is 0 Å². The van der Waals surface area contributed by atoms with Crippen molar-refractivity contribution in [1.29, 1.82) is 0 Å². The molecule has 4 nitrogen and oxygen atoms in total. The Bertz CT molecular complexity index is 292. The van der Waals surface area contributed by atoms with Gasteiger partial charge in [-0.2, -0.15) is 0 Å². The number of hydrogen-bond acceptors (Lipinski definition) is 3. The monoisotopic (exact) mass is 333 g/mol. The third-order valence-electron chi connectivity index (χ3n) is 4.14. The number of carbonyl (C=O) groups excluding carboxylic acids is 1. The molecule has 2 heterocycles. The second-order valence-corrected chi connectivity index (χ2v) is 6.32. The van der Waals surface area contributed by atoms with Crippen molar-refractivity contribution in [2.75, 3.05) is 38.2 Å². The Morgan fingerprint density at radius 2 is 2.11 bits per heavy atom.